The maximum atomic E-state index is 8.36. The second kappa shape index (κ2) is 4.99. The van der Waals surface area contributed by atoms with Crippen molar-refractivity contribution in [3.8, 4) is 0 Å². The summed E-state index contributed by atoms with van der Waals surface area (Å²) >= 11 is 0. The molecule has 0 aromatic carbocycles. The van der Waals surface area contributed by atoms with E-state index in [9.17, 15) is 0 Å². The van der Waals surface area contributed by atoms with Crippen LogP contribution in [-0.4, -0.2) is 12.2 Å². The van der Waals surface area contributed by atoms with Gasteiger partial charge in [-0.1, -0.05) is 38.2 Å². The quantitative estimate of drug-likeness (QED) is 0.664. The van der Waals surface area contributed by atoms with E-state index in [1.807, 2.05) is 0 Å². The molecule has 0 spiro atoms. The van der Waals surface area contributed by atoms with E-state index < -0.39 is 75.9 Å². The minimum Gasteiger partial charge on any atom is -0.375 e. The molecule has 0 aliphatic heterocycles. The van der Waals surface area contributed by atoms with Gasteiger partial charge in [-0.3, -0.25) is 0 Å². The van der Waals surface area contributed by atoms with Crippen molar-refractivity contribution in [1.29, 1.82) is 0 Å². The molecule has 2 rings (SSSR count). The Morgan fingerprint density at radius 1 is 0.846 bits per heavy atom. The normalized spacial score (nSPS) is 112. The van der Waals surface area contributed by atoms with Gasteiger partial charge in [0.25, 0.3) is 0 Å². The van der Waals surface area contributed by atoms with E-state index in [1.165, 1.54) is 0 Å². The van der Waals surface area contributed by atoms with Gasteiger partial charge >= 0.3 is 0 Å². The molecule has 2 aliphatic carbocycles. The van der Waals surface area contributed by atoms with Crippen LogP contribution in [-0.2, 0) is 4.74 Å². The summed E-state index contributed by atoms with van der Waals surface area (Å²) < 4.78 is 164. The summed E-state index contributed by atoms with van der Waals surface area (Å²) in [5, 5.41) is 0. The zero-order valence-electron chi connectivity index (χ0n) is 26.6. The molecule has 1 heteroatoms. The Hall–Kier alpha value is -0.0400. The summed E-state index contributed by atoms with van der Waals surface area (Å²) in [7, 11) is 0. The van der Waals surface area contributed by atoms with Gasteiger partial charge in [-0.05, 0) is 25.5 Å². The van der Waals surface area contributed by atoms with Crippen LogP contribution in [0.3, 0.4) is 0 Å². The first kappa shape index (κ1) is 1.61. The average Bonchev–Trinajstić information content (AvgIpc) is 2.63. The molecule has 0 heterocycles. The molecular formula is C12H22O. The lowest BCUT2D eigenvalue weighted by Gasteiger charge is -2.29. The van der Waals surface area contributed by atoms with Crippen molar-refractivity contribution >= 4 is 0 Å². The smallest absolute Gasteiger partial charge is 0.0603 e. The van der Waals surface area contributed by atoms with E-state index in [-0.39, 0.29) is 0 Å². The van der Waals surface area contributed by atoms with Crippen molar-refractivity contribution in [3.05, 3.63) is 0 Å². The third-order valence-corrected chi connectivity index (χ3v) is 1.27. The first-order valence-electron chi connectivity index (χ1n) is 13.7. The molecule has 4 atom stereocenters. The van der Waals surface area contributed by atoms with Gasteiger partial charge in [-0.25, -0.2) is 0 Å². The van der Waals surface area contributed by atoms with Gasteiger partial charge < -0.3 is 4.74 Å². The SMILES string of the molecule is [2H]C1C([2H])([2H])C([2H])([2H])C([2H])([2H])C([2H])([2H])C1([2H])OC1([2H])C([2H])C([2H])([2H])C([2H])([2H])C([2H])([2H])C1([2H])[2H]. The highest BCUT2D eigenvalue weighted by molar-refractivity contribution is 4.71. The number of hydrogen-bond acceptors (Lipinski definition) is 1. The zero-order valence-corrected chi connectivity index (χ0v) is 6.56. The topological polar surface area (TPSA) is 9.23 Å². The monoisotopic (exact) mass is 202 g/mol. The molecule has 0 N–H and O–H groups in total. The first-order valence-corrected chi connectivity index (χ1v) is 3.56. The van der Waals surface area contributed by atoms with Crippen molar-refractivity contribution in [2.24, 2.45) is 0 Å². The van der Waals surface area contributed by atoms with Gasteiger partial charge in [0.1, 0.15) is 0 Å². The summed E-state index contributed by atoms with van der Waals surface area (Å²) in [5.41, 5.74) is 0. The van der Waals surface area contributed by atoms with Crippen LogP contribution < -0.4 is 0 Å². The van der Waals surface area contributed by atoms with Crippen LogP contribution >= 0.6 is 0 Å². The molecule has 0 saturated heterocycles. The summed E-state index contributed by atoms with van der Waals surface area (Å²) in [4.78, 5) is 0. The van der Waals surface area contributed by atoms with Crippen LogP contribution in [0.4, 0.5) is 0 Å². The molecule has 4 unspecified atom stereocenters. The van der Waals surface area contributed by atoms with Crippen LogP contribution in [0.1, 0.15) is 91.2 Å². The van der Waals surface area contributed by atoms with E-state index in [0.29, 0.717) is 0 Å². The third kappa shape index (κ3) is 2.98. The molecule has 2 fully saturated rings. The standard InChI is InChI=1S/C12H22O/c1-3-7-11(8-4-1)13-12-9-5-2-6-10-12/h11-12H,1-10H2/i1D2,2D2,3D2,4D2,5D2,6D2,7D,8D2,9D,10D2,11D,12D. The molecule has 0 aromatic rings. The maximum absolute atomic E-state index is 8.36. The highest BCUT2D eigenvalue weighted by Gasteiger charge is 2.20. The van der Waals surface area contributed by atoms with E-state index in [2.05, 4.69) is 0 Å². The van der Waals surface area contributed by atoms with Gasteiger partial charge in [0.15, 0.2) is 0 Å². The molecule has 76 valence electrons. The van der Waals surface area contributed by atoms with Crippen LogP contribution in [0.15, 0.2) is 0 Å². The minimum absolute atomic E-state index is 3.04. The lowest BCUT2D eigenvalue weighted by atomic mass is 9.95. The molecule has 0 radical (unpaired) electrons. The van der Waals surface area contributed by atoms with E-state index >= 15 is 0 Å². The molecule has 1 nitrogen and oxygen atoms in total. The van der Waals surface area contributed by atoms with E-state index in [4.69, 9.17) is 32.2 Å². The summed E-state index contributed by atoms with van der Waals surface area (Å²) in [6.07, 6.45) is -45.0. The highest BCUT2D eigenvalue weighted by Crippen LogP contribution is 2.26. The molecule has 0 aromatic heterocycles. The predicted molar refractivity (Wildman–Crippen MR) is 54.8 cm³/mol. The minimum atomic E-state index is -4.03. The van der Waals surface area contributed by atoms with Crippen molar-refractivity contribution in [2.45, 2.75) is 75.9 Å². The Morgan fingerprint density at radius 2 is 1.38 bits per heavy atom. The van der Waals surface area contributed by atoms with Gasteiger partial charge in [0.2, 0.25) is 0 Å². The summed E-state index contributed by atoms with van der Waals surface area (Å²) in [5.74, 6) is 0. The van der Waals surface area contributed by atoms with Crippen molar-refractivity contribution in [2.75, 3.05) is 0 Å². The fourth-order valence-electron chi connectivity index (χ4n) is 0.762. The number of rotatable bonds is 2. The third-order valence-electron chi connectivity index (χ3n) is 1.27. The molecule has 0 amide bonds. The van der Waals surface area contributed by atoms with Crippen LogP contribution in [0.5, 0.6) is 0 Å². The lowest BCUT2D eigenvalue weighted by molar-refractivity contribution is -0.0450. The molecule has 2 aliphatic rings. The van der Waals surface area contributed by atoms with Gasteiger partial charge in [0, 0.05) is 24.7 Å². The van der Waals surface area contributed by atoms with Crippen LogP contribution in [0.2, 0.25) is 0 Å². The zero-order chi connectivity index (χ0) is 26.9. The van der Waals surface area contributed by atoms with Crippen molar-refractivity contribution in [3.63, 3.8) is 0 Å². The van der Waals surface area contributed by atoms with Gasteiger partial charge in [-0.2, -0.15) is 0 Å². The maximum Gasteiger partial charge on any atom is 0.0603 e. The number of ether oxygens (including phenoxy) is 1. The van der Waals surface area contributed by atoms with Crippen LogP contribution in [0, 0.1) is 0 Å². The second-order valence-electron chi connectivity index (χ2n) is 2.16. The van der Waals surface area contributed by atoms with Crippen molar-refractivity contribution < 1.29 is 32.2 Å². The van der Waals surface area contributed by atoms with E-state index in [1.54, 1.807) is 0 Å². The largest absolute Gasteiger partial charge is 0.375 e. The molecule has 13 heavy (non-hydrogen) atoms. The fraction of sp³-hybridized carbons (Fsp3) is 1.00. The average molecular weight is 202 g/mol. The summed E-state index contributed by atoms with van der Waals surface area (Å²) in [6.45, 7) is 0. The Bertz CT molecular complexity index is 752. The summed E-state index contributed by atoms with van der Waals surface area (Å²) in [6, 6.07) is 0. The predicted octanol–water partition coefficient (Wildman–Crippen LogP) is 3.67. The van der Waals surface area contributed by atoms with Crippen molar-refractivity contribution in [1.82, 2.24) is 0 Å². The Morgan fingerprint density at radius 3 is 1.92 bits per heavy atom. The second-order valence-corrected chi connectivity index (χ2v) is 2.16. The molecule has 2 saturated carbocycles. The Kier molecular flexibility index (Phi) is 0.618. The van der Waals surface area contributed by atoms with Gasteiger partial charge in [-0.15, -0.1) is 0 Å². The molecule has 0 bridgehead atoms. The number of hydrogen-bond donors (Lipinski definition) is 0. The van der Waals surface area contributed by atoms with E-state index in [0.717, 1.165) is 0 Å². The van der Waals surface area contributed by atoms with Gasteiger partial charge in [0.05, 0.1) is 14.9 Å². The lowest BCUT2D eigenvalue weighted by Crippen LogP contribution is -2.25. The Labute approximate surface area is 110 Å². The first-order chi connectivity index (χ1) is 14.0. The van der Waals surface area contributed by atoms with Crippen LogP contribution in [0.25, 0.3) is 0 Å². The highest BCUT2D eigenvalue weighted by atomic mass is 16.5. The fourth-order valence-corrected chi connectivity index (χ4v) is 0.762. The Balaban J connectivity index is 2.85. The molecular weight excluding hydrogens is 160 g/mol.